The molecule has 0 aliphatic carbocycles. The van der Waals surface area contributed by atoms with E-state index in [-0.39, 0.29) is 0 Å². The van der Waals surface area contributed by atoms with Gasteiger partial charge in [0.15, 0.2) is 0 Å². The maximum atomic E-state index is 10.2. The lowest BCUT2D eigenvalue weighted by Gasteiger charge is -2.12. The molecule has 0 amide bonds. The predicted molar refractivity (Wildman–Crippen MR) is 106 cm³/mol. The van der Waals surface area contributed by atoms with Crippen LogP contribution in [0.25, 0.3) is 5.57 Å². The van der Waals surface area contributed by atoms with Gasteiger partial charge in [0.2, 0.25) is 0 Å². The number of aryl methyl sites for hydroxylation is 1. The first-order chi connectivity index (χ1) is 12.4. The molecule has 0 saturated heterocycles. The molecule has 0 aliphatic heterocycles. The summed E-state index contributed by atoms with van der Waals surface area (Å²) in [7, 11) is 5.01. The number of hydrogen-bond acceptors (Lipinski definition) is 5. The van der Waals surface area contributed by atoms with Gasteiger partial charge in [-0.25, -0.2) is 0 Å². The second-order valence-electron chi connectivity index (χ2n) is 5.78. The van der Waals surface area contributed by atoms with Crippen molar-refractivity contribution in [1.29, 1.82) is 0 Å². The van der Waals surface area contributed by atoms with Crippen molar-refractivity contribution in [2.24, 2.45) is 0 Å². The standard InChI is InChI=1S/C19H28O4.C2H4O/c1-14(12-22-4)9-16(7-6-8-21-3)17-10-15(2)19(20)18(11-17)13-23-5;1-2-3/h7,9-11,20H,6,8,12-13H2,1-5H3;2-3H,1H2/b14-9+,16-7+;. The van der Waals surface area contributed by atoms with E-state index in [1.807, 2.05) is 26.0 Å². The molecule has 0 fully saturated rings. The van der Waals surface area contributed by atoms with E-state index in [1.165, 1.54) is 0 Å². The average Bonchev–Trinajstić information content (AvgIpc) is 2.59. The summed E-state index contributed by atoms with van der Waals surface area (Å²) in [5.41, 5.74) is 4.91. The number of ether oxygens (including phenoxy) is 3. The van der Waals surface area contributed by atoms with E-state index in [4.69, 9.17) is 19.3 Å². The van der Waals surface area contributed by atoms with Gasteiger partial charge in [0.05, 0.1) is 19.5 Å². The quantitative estimate of drug-likeness (QED) is 0.382. The van der Waals surface area contributed by atoms with E-state index in [1.54, 1.807) is 21.3 Å². The van der Waals surface area contributed by atoms with Crippen LogP contribution in [0.1, 0.15) is 30.0 Å². The summed E-state index contributed by atoms with van der Waals surface area (Å²) >= 11 is 0. The molecule has 0 atom stereocenters. The molecule has 0 unspecified atom stereocenters. The SMILES string of the molecule is C=CO.COCC/C=C(\C=C(/C)COC)c1cc(C)c(O)c(COC)c1. The van der Waals surface area contributed by atoms with Gasteiger partial charge in [0, 0.05) is 33.5 Å². The molecule has 26 heavy (non-hydrogen) atoms. The Morgan fingerprint density at radius 3 is 2.35 bits per heavy atom. The third-order valence-corrected chi connectivity index (χ3v) is 3.47. The molecule has 5 nitrogen and oxygen atoms in total. The van der Waals surface area contributed by atoms with E-state index in [9.17, 15) is 5.11 Å². The third kappa shape index (κ3) is 8.85. The number of allylic oxidation sites excluding steroid dienone is 2. The van der Waals surface area contributed by atoms with Crippen LogP contribution in [0.2, 0.25) is 0 Å². The first kappa shape index (κ1) is 23.9. The molecule has 146 valence electrons. The van der Waals surface area contributed by atoms with Gasteiger partial charge in [0.25, 0.3) is 0 Å². The largest absolute Gasteiger partial charge is 0.516 e. The molecule has 1 aromatic rings. The van der Waals surface area contributed by atoms with E-state index >= 15 is 0 Å². The van der Waals surface area contributed by atoms with Crippen LogP contribution in [0.4, 0.5) is 0 Å². The second kappa shape index (κ2) is 14.1. The number of hydrogen-bond donors (Lipinski definition) is 2. The number of aliphatic hydroxyl groups excluding tert-OH is 1. The zero-order valence-electron chi connectivity index (χ0n) is 16.5. The predicted octanol–water partition coefficient (Wildman–Crippen LogP) is 4.55. The topological polar surface area (TPSA) is 68.2 Å². The van der Waals surface area contributed by atoms with Crippen molar-refractivity contribution in [3.05, 3.63) is 59.4 Å². The van der Waals surface area contributed by atoms with Crippen LogP contribution < -0.4 is 0 Å². The number of aliphatic hydroxyl groups is 1. The van der Waals surface area contributed by atoms with Crippen molar-refractivity contribution in [3.63, 3.8) is 0 Å². The number of phenols is 1. The number of rotatable bonds is 9. The van der Waals surface area contributed by atoms with Crippen molar-refractivity contribution >= 4 is 5.57 Å². The fourth-order valence-corrected chi connectivity index (χ4v) is 2.41. The molecule has 0 radical (unpaired) electrons. The lowest BCUT2D eigenvalue weighted by Crippen LogP contribution is -1.96. The van der Waals surface area contributed by atoms with Crippen LogP contribution in [0.15, 0.2) is 42.7 Å². The minimum Gasteiger partial charge on any atom is -0.516 e. The normalized spacial score (nSPS) is 11.7. The van der Waals surface area contributed by atoms with E-state index in [0.717, 1.165) is 40.5 Å². The first-order valence-corrected chi connectivity index (χ1v) is 8.37. The maximum absolute atomic E-state index is 10.2. The summed E-state index contributed by atoms with van der Waals surface area (Å²) < 4.78 is 15.5. The fraction of sp³-hybridized carbons (Fsp3) is 0.429. The van der Waals surface area contributed by atoms with E-state index < -0.39 is 0 Å². The minimum absolute atomic E-state index is 0.296. The first-order valence-electron chi connectivity index (χ1n) is 8.37. The Morgan fingerprint density at radius 2 is 1.81 bits per heavy atom. The summed E-state index contributed by atoms with van der Waals surface area (Å²) in [6, 6.07) is 3.96. The smallest absolute Gasteiger partial charge is 0.124 e. The molecule has 1 aromatic carbocycles. The molecule has 0 saturated carbocycles. The maximum Gasteiger partial charge on any atom is 0.124 e. The lowest BCUT2D eigenvalue weighted by molar-refractivity contribution is 0.182. The van der Waals surface area contributed by atoms with Gasteiger partial charge in [-0.2, -0.15) is 0 Å². The lowest BCUT2D eigenvalue weighted by atomic mass is 9.97. The molecular formula is C21H32O5. The Labute approximate surface area is 157 Å². The van der Waals surface area contributed by atoms with E-state index in [0.29, 0.717) is 25.6 Å². The van der Waals surface area contributed by atoms with Crippen molar-refractivity contribution in [2.45, 2.75) is 26.9 Å². The van der Waals surface area contributed by atoms with Gasteiger partial charge in [-0.3, -0.25) is 0 Å². The highest BCUT2D eigenvalue weighted by atomic mass is 16.5. The molecule has 0 aliphatic rings. The number of phenolic OH excluding ortho intramolecular Hbond substituents is 1. The molecule has 0 bridgehead atoms. The highest BCUT2D eigenvalue weighted by Gasteiger charge is 2.09. The molecule has 0 heterocycles. The summed E-state index contributed by atoms with van der Waals surface area (Å²) in [6.45, 7) is 8.49. The average molecular weight is 364 g/mol. The number of methoxy groups -OCH3 is 3. The van der Waals surface area contributed by atoms with Gasteiger partial charge in [-0.15, -0.1) is 0 Å². The third-order valence-electron chi connectivity index (χ3n) is 3.47. The van der Waals surface area contributed by atoms with Crippen LogP contribution in [0, 0.1) is 6.92 Å². The van der Waals surface area contributed by atoms with Crippen molar-refractivity contribution in [3.8, 4) is 5.75 Å². The van der Waals surface area contributed by atoms with Gasteiger partial charge in [-0.1, -0.05) is 18.7 Å². The Morgan fingerprint density at radius 1 is 1.15 bits per heavy atom. The second-order valence-corrected chi connectivity index (χ2v) is 5.78. The molecule has 1 rings (SSSR count). The van der Waals surface area contributed by atoms with Crippen molar-refractivity contribution in [2.75, 3.05) is 34.5 Å². The number of benzene rings is 1. The van der Waals surface area contributed by atoms with Crippen LogP contribution in [-0.4, -0.2) is 44.8 Å². The van der Waals surface area contributed by atoms with Gasteiger partial charge in [0.1, 0.15) is 5.75 Å². The van der Waals surface area contributed by atoms with Crippen LogP contribution in [0.5, 0.6) is 5.75 Å². The Hall–Kier alpha value is -2.08. The monoisotopic (exact) mass is 364 g/mol. The highest BCUT2D eigenvalue weighted by Crippen LogP contribution is 2.29. The summed E-state index contributed by atoms with van der Waals surface area (Å²) in [4.78, 5) is 0. The molecule has 0 spiro atoms. The molecule has 2 N–H and O–H groups in total. The highest BCUT2D eigenvalue weighted by molar-refractivity contribution is 5.76. The molecule has 0 aromatic heterocycles. The Bertz CT molecular complexity index is 603. The van der Waals surface area contributed by atoms with Gasteiger partial charge in [-0.05, 0) is 54.7 Å². The van der Waals surface area contributed by atoms with Crippen molar-refractivity contribution < 1.29 is 24.4 Å². The summed E-state index contributed by atoms with van der Waals surface area (Å²) in [5, 5.41) is 17.5. The van der Waals surface area contributed by atoms with E-state index in [2.05, 4.69) is 18.7 Å². The van der Waals surface area contributed by atoms with Crippen LogP contribution in [-0.2, 0) is 20.8 Å². The Balaban J connectivity index is 0.00000194. The van der Waals surface area contributed by atoms with Gasteiger partial charge >= 0.3 is 0 Å². The number of aromatic hydroxyl groups is 1. The fourth-order valence-electron chi connectivity index (χ4n) is 2.41. The van der Waals surface area contributed by atoms with Crippen molar-refractivity contribution in [1.82, 2.24) is 0 Å². The minimum atomic E-state index is 0.296. The molecular weight excluding hydrogens is 332 g/mol. The zero-order valence-corrected chi connectivity index (χ0v) is 16.5. The Kier molecular flexibility index (Phi) is 13.0. The molecule has 5 heteroatoms. The zero-order chi connectivity index (χ0) is 19.9. The van der Waals surface area contributed by atoms with Crippen LogP contribution >= 0.6 is 0 Å². The van der Waals surface area contributed by atoms with Crippen LogP contribution in [0.3, 0.4) is 0 Å². The van der Waals surface area contributed by atoms with Gasteiger partial charge < -0.3 is 24.4 Å². The summed E-state index contributed by atoms with van der Waals surface area (Å²) in [6.07, 6.45) is 5.83. The summed E-state index contributed by atoms with van der Waals surface area (Å²) in [5.74, 6) is 0.296.